The molecule has 5 heteroatoms. The first kappa shape index (κ1) is 13.3. The molecule has 0 atom stereocenters. The fraction of sp³-hybridized carbons (Fsp3) is 0.417. The van der Waals surface area contributed by atoms with Gasteiger partial charge in [-0.15, -0.1) is 0 Å². The number of ketones is 1. The average molecular weight is 237 g/mol. The van der Waals surface area contributed by atoms with Crippen LogP contribution >= 0.6 is 0 Å². The molecule has 92 valence electrons. The molecule has 0 fully saturated rings. The lowest BCUT2D eigenvalue weighted by molar-refractivity contribution is -0.385. The molecule has 0 aromatic heterocycles. The lowest BCUT2D eigenvalue weighted by Crippen LogP contribution is -2.02. The third kappa shape index (κ3) is 3.35. The molecular weight excluding hydrogens is 222 g/mol. The van der Waals surface area contributed by atoms with Crippen LogP contribution in [0.1, 0.15) is 42.1 Å². The third-order valence-electron chi connectivity index (χ3n) is 2.53. The Morgan fingerprint density at radius 2 is 2.18 bits per heavy atom. The quantitative estimate of drug-likeness (QED) is 0.468. The van der Waals surface area contributed by atoms with Crippen LogP contribution < -0.4 is 0 Å². The number of aliphatic hydroxyl groups excluding tert-OH is 1. The highest BCUT2D eigenvalue weighted by Gasteiger charge is 2.16. The minimum atomic E-state index is -0.581. The molecule has 0 radical (unpaired) electrons. The summed E-state index contributed by atoms with van der Waals surface area (Å²) < 4.78 is 0. The van der Waals surface area contributed by atoms with Crippen molar-refractivity contribution in [3.05, 3.63) is 39.4 Å². The Balaban J connectivity index is 2.99. The summed E-state index contributed by atoms with van der Waals surface area (Å²) in [7, 11) is 0. The normalized spacial score (nSPS) is 10.2. The van der Waals surface area contributed by atoms with E-state index < -0.39 is 11.5 Å². The Morgan fingerprint density at radius 3 is 2.71 bits per heavy atom. The molecule has 1 aromatic carbocycles. The number of unbranched alkanes of at least 4 members (excludes halogenated alkanes) is 1. The summed E-state index contributed by atoms with van der Waals surface area (Å²) in [6.07, 6.45) is 2.07. The first-order chi connectivity index (χ1) is 8.10. The van der Waals surface area contributed by atoms with Crippen molar-refractivity contribution in [3.63, 3.8) is 0 Å². The van der Waals surface area contributed by atoms with E-state index in [1.165, 1.54) is 18.2 Å². The summed E-state index contributed by atoms with van der Waals surface area (Å²) in [5.41, 5.74) is 0.360. The van der Waals surface area contributed by atoms with E-state index in [-0.39, 0.29) is 17.0 Å². The molecule has 5 nitrogen and oxygen atoms in total. The van der Waals surface area contributed by atoms with E-state index in [0.717, 1.165) is 12.8 Å². The van der Waals surface area contributed by atoms with Crippen LogP contribution in [0, 0.1) is 10.1 Å². The van der Waals surface area contributed by atoms with Crippen molar-refractivity contribution in [2.24, 2.45) is 0 Å². The maximum Gasteiger partial charge on any atom is 0.275 e. The van der Waals surface area contributed by atoms with Crippen LogP contribution in [0.15, 0.2) is 18.2 Å². The number of carbonyl (C=O) groups is 1. The highest BCUT2D eigenvalue weighted by atomic mass is 16.6. The first-order valence-corrected chi connectivity index (χ1v) is 5.51. The Morgan fingerprint density at radius 1 is 1.47 bits per heavy atom. The number of benzene rings is 1. The van der Waals surface area contributed by atoms with Crippen LogP contribution in [-0.2, 0) is 6.61 Å². The highest BCUT2D eigenvalue weighted by Crippen LogP contribution is 2.21. The van der Waals surface area contributed by atoms with Crippen LogP contribution in [0.4, 0.5) is 5.69 Å². The second kappa shape index (κ2) is 6.10. The first-order valence-electron chi connectivity index (χ1n) is 5.51. The molecule has 0 unspecified atom stereocenters. The largest absolute Gasteiger partial charge is 0.391 e. The zero-order valence-corrected chi connectivity index (χ0v) is 9.68. The molecule has 0 saturated carbocycles. The smallest absolute Gasteiger partial charge is 0.275 e. The van der Waals surface area contributed by atoms with E-state index >= 15 is 0 Å². The van der Waals surface area contributed by atoms with Crippen molar-refractivity contribution in [1.29, 1.82) is 0 Å². The Kier molecular flexibility index (Phi) is 4.78. The van der Waals surface area contributed by atoms with E-state index in [4.69, 9.17) is 5.11 Å². The molecule has 0 heterocycles. The standard InChI is InChI=1S/C12H15NO4/c1-2-3-4-12(15)9-5-6-10(8-14)11(7-9)13(16)17/h5-7,14H,2-4,8H2,1H3. The van der Waals surface area contributed by atoms with Gasteiger partial charge in [-0.25, -0.2) is 0 Å². The highest BCUT2D eigenvalue weighted by molar-refractivity contribution is 5.96. The van der Waals surface area contributed by atoms with Gasteiger partial charge in [0.25, 0.3) is 5.69 Å². The Hall–Kier alpha value is -1.75. The van der Waals surface area contributed by atoms with E-state index in [2.05, 4.69) is 0 Å². The molecule has 1 N–H and O–H groups in total. The molecule has 1 aromatic rings. The molecule has 17 heavy (non-hydrogen) atoms. The number of nitrogens with zero attached hydrogens (tertiary/aromatic N) is 1. The second-order valence-electron chi connectivity index (χ2n) is 3.79. The zero-order valence-electron chi connectivity index (χ0n) is 9.68. The summed E-state index contributed by atoms with van der Waals surface area (Å²) in [5.74, 6) is -0.0977. The number of hydrogen-bond donors (Lipinski definition) is 1. The number of hydrogen-bond acceptors (Lipinski definition) is 4. The SMILES string of the molecule is CCCCC(=O)c1ccc(CO)c([N+](=O)[O-])c1. The van der Waals surface area contributed by atoms with Gasteiger partial charge in [0.2, 0.25) is 0 Å². The number of carbonyl (C=O) groups excluding carboxylic acids is 1. The summed E-state index contributed by atoms with van der Waals surface area (Å²) in [4.78, 5) is 21.9. The van der Waals surface area contributed by atoms with Gasteiger partial charge >= 0.3 is 0 Å². The fourth-order valence-electron chi connectivity index (χ4n) is 1.52. The number of nitro benzene ring substituents is 1. The van der Waals surface area contributed by atoms with Crippen molar-refractivity contribution in [2.45, 2.75) is 32.8 Å². The summed E-state index contributed by atoms with van der Waals surface area (Å²) in [6, 6.07) is 4.19. The van der Waals surface area contributed by atoms with E-state index in [9.17, 15) is 14.9 Å². The number of aliphatic hydroxyl groups is 1. The minimum Gasteiger partial charge on any atom is -0.391 e. The number of nitro groups is 1. The maximum atomic E-state index is 11.7. The zero-order chi connectivity index (χ0) is 12.8. The van der Waals surface area contributed by atoms with Gasteiger partial charge in [-0.05, 0) is 12.5 Å². The van der Waals surface area contributed by atoms with Gasteiger partial charge in [0, 0.05) is 18.1 Å². The maximum absolute atomic E-state index is 11.7. The van der Waals surface area contributed by atoms with Crippen molar-refractivity contribution >= 4 is 11.5 Å². The lowest BCUT2D eigenvalue weighted by Gasteiger charge is -2.03. The van der Waals surface area contributed by atoms with Crippen LogP contribution in [0.5, 0.6) is 0 Å². The summed E-state index contributed by atoms with van der Waals surface area (Å²) in [5, 5.41) is 19.7. The van der Waals surface area contributed by atoms with Gasteiger partial charge in [0.1, 0.15) is 0 Å². The average Bonchev–Trinajstić information content (AvgIpc) is 2.34. The van der Waals surface area contributed by atoms with E-state index in [1.54, 1.807) is 0 Å². The third-order valence-corrected chi connectivity index (χ3v) is 2.53. The van der Waals surface area contributed by atoms with Gasteiger partial charge in [-0.1, -0.05) is 19.4 Å². The lowest BCUT2D eigenvalue weighted by atomic mass is 10.0. The topological polar surface area (TPSA) is 80.4 Å². The molecule has 0 amide bonds. The molecule has 0 aliphatic rings. The minimum absolute atomic E-state index is 0.0977. The second-order valence-corrected chi connectivity index (χ2v) is 3.79. The fourth-order valence-corrected chi connectivity index (χ4v) is 1.52. The molecule has 0 aliphatic heterocycles. The Labute approximate surface area is 99.2 Å². The Bertz CT molecular complexity index is 429. The van der Waals surface area contributed by atoms with Crippen LogP contribution in [0.2, 0.25) is 0 Å². The van der Waals surface area contributed by atoms with Crippen molar-refractivity contribution in [2.75, 3.05) is 0 Å². The molecule has 0 aliphatic carbocycles. The van der Waals surface area contributed by atoms with Gasteiger partial charge < -0.3 is 5.11 Å². The van der Waals surface area contributed by atoms with E-state index in [0.29, 0.717) is 12.0 Å². The number of Topliss-reactive ketones (excluding diaryl/α,β-unsaturated/α-hetero) is 1. The van der Waals surface area contributed by atoms with Gasteiger partial charge in [-0.3, -0.25) is 14.9 Å². The predicted octanol–water partition coefficient (Wildman–Crippen LogP) is 2.46. The van der Waals surface area contributed by atoms with Gasteiger partial charge in [-0.2, -0.15) is 0 Å². The van der Waals surface area contributed by atoms with Crippen molar-refractivity contribution in [1.82, 2.24) is 0 Å². The molecular formula is C12H15NO4. The summed E-state index contributed by atoms with van der Waals surface area (Å²) >= 11 is 0. The van der Waals surface area contributed by atoms with Crippen molar-refractivity contribution < 1.29 is 14.8 Å². The molecule has 0 bridgehead atoms. The predicted molar refractivity (Wildman–Crippen MR) is 62.9 cm³/mol. The van der Waals surface area contributed by atoms with Crippen LogP contribution in [0.25, 0.3) is 0 Å². The molecule has 0 spiro atoms. The van der Waals surface area contributed by atoms with Crippen LogP contribution in [-0.4, -0.2) is 15.8 Å². The monoisotopic (exact) mass is 237 g/mol. The summed E-state index contributed by atoms with van der Waals surface area (Å²) in [6.45, 7) is 1.57. The van der Waals surface area contributed by atoms with E-state index in [1.807, 2.05) is 6.92 Å². The van der Waals surface area contributed by atoms with Crippen molar-refractivity contribution in [3.8, 4) is 0 Å². The van der Waals surface area contributed by atoms with Crippen LogP contribution in [0.3, 0.4) is 0 Å². The van der Waals surface area contributed by atoms with Gasteiger partial charge in [0.15, 0.2) is 5.78 Å². The molecule has 1 rings (SSSR count). The van der Waals surface area contributed by atoms with Gasteiger partial charge in [0.05, 0.1) is 17.1 Å². The number of rotatable bonds is 6. The molecule has 0 saturated heterocycles.